The van der Waals surface area contributed by atoms with Crippen molar-refractivity contribution in [3.05, 3.63) is 47.8 Å². The third kappa shape index (κ3) is 3.65. The summed E-state index contributed by atoms with van der Waals surface area (Å²) < 4.78 is 0. The smallest absolute Gasteiger partial charge is 0.231 e. The maximum atomic E-state index is 11.2. The summed E-state index contributed by atoms with van der Waals surface area (Å²) in [6.45, 7) is 3.21. The minimum Gasteiger partial charge on any atom is -0.369 e. The summed E-state index contributed by atoms with van der Waals surface area (Å²) >= 11 is 0. The third-order valence-corrected chi connectivity index (χ3v) is 4.15. The van der Waals surface area contributed by atoms with Gasteiger partial charge in [-0.25, -0.2) is 9.97 Å². The Labute approximate surface area is 135 Å². The van der Waals surface area contributed by atoms with Crippen LogP contribution in [0.25, 0.3) is 0 Å². The molecule has 0 radical (unpaired) electrons. The van der Waals surface area contributed by atoms with E-state index in [9.17, 15) is 4.79 Å². The van der Waals surface area contributed by atoms with Gasteiger partial charge in [-0.15, -0.1) is 0 Å². The molecule has 0 saturated carbocycles. The number of hydrogen-bond acceptors (Lipinski definition) is 5. The van der Waals surface area contributed by atoms with Crippen molar-refractivity contribution in [3.8, 4) is 0 Å². The summed E-state index contributed by atoms with van der Waals surface area (Å²) in [7, 11) is 0. The average molecular weight is 311 g/mol. The predicted octanol–water partition coefficient (Wildman–Crippen LogP) is 2.15. The minimum atomic E-state index is -0.284. The molecule has 1 saturated heterocycles. The fraction of sp³-hybridized carbons (Fsp3) is 0.353. The number of amides is 1. The highest BCUT2D eigenvalue weighted by atomic mass is 16.1. The molecule has 3 rings (SSSR count). The molecule has 2 aromatic rings. The Morgan fingerprint density at radius 3 is 3.04 bits per heavy atom. The molecule has 2 aromatic heterocycles. The molecule has 6 heteroatoms. The molecule has 1 fully saturated rings. The third-order valence-electron chi connectivity index (χ3n) is 4.15. The van der Waals surface area contributed by atoms with Crippen molar-refractivity contribution in [1.82, 2.24) is 14.9 Å². The summed E-state index contributed by atoms with van der Waals surface area (Å²) in [5.41, 5.74) is 7.56. The monoisotopic (exact) mass is 311 g/mol. The van der Waals surface area contributed by atoms with Gasteiger partial charge in [-0.1, -0.05) is 6.07 Å². The van der Waals surface area contributed by atoms with Crippen molar-refractivity contribution < 1.29 is 4.79 Å². The number of hydrogen-bond donors (Lipinski definition) is 2. The van der Waals surface area contributed by atoms with Gasteiger partial charge in [-0.05, 0) is 55.6 Å². The Bertz CT molecular complexity index is 703. The van der Waals surface area contributed by atoms with Gasteiger partial charge in [0.25, 0.3) is 0 Å². The molecule has 1 amide bonds. The number of aromatic nitrogens is 2. The van der Waals surface area contributed by atoms with Gasteiger partial charge >= 0.3 is 0 Å². The van der Waals surface area contributed by atoms with Gasteiger partial charge in [-0.2, -0.15) is 0 Å². The van der Waals surface area contributed by atoms with Crippen LogP contribution in [0, 0.1) is 6.92 Å². The number of anilines is 2. The zero-order valence-corrected chi connectivity index (χ0v) is 13.2. The largest absolute Gasteiger partial charge is 0.369 e. The van der Waals surface area contributed by atoms with E-state index in [-0.39, 0.29) is 11.9 Å². The number of primary amides is 1. The van der Waals surface area contributed by atoms with Crippen LogP contribution in [0.1, 0.15) is 30.0 Å². The molecular weight excluding hydrogens is 290 g/mol. The molecule has 1 aliphatic rings. The molecule has 23 heavy (non-hydrogen) atoms. The molecule has 1 atom stereocenters. The molecule has 120 valence electrons. The molecule has 0 aliphatic carbocycles. The van der Waals surface area contributed by atoms with Crippen LogP contribution in [0.4, 0.5) is 11.6 Å². The molecule has 1 aliphatic heterocycles. The molecule has 0 aromatic carbocycles. The van der Waals surface area contributed by atoms with Gasteiger partial charge in [0.15, 0.2) is 0 Å². The van der Waals surface area contributed by atoms with Crippen LogP contribution < -0.4 is 11.1 Å². The summed E-state index contributed by atoms with van der Waals surface area (Å²) in [6, 6.07) is 8.16. The number of pyridine rings is 2. The summed E-state index contributed by atoms with van der Waals surface area (Å²) in [5, 5.41) is 3.26. The van der Waals surface area contributed by atoms with E-state index in [1.54, 1.807) is 12.4 Å². The Kier molecular flexibility index (Phi) is 4.52. The van der Waals surface area contributed by atoms with Gasteiger partial charge in [0.2, 0.25) is 5.91 Å². The summed E-state index contributed by atoms with van der Waals surface area (Å²) in [6.07, 6.45) is 5.64. The quantitative estimate of drug-likeness (QED) is 0.884. The number of nitrogens with two attached hydrogens (primary N) is 1. The fourth-order valence-electron chi connectivity index (χ4n) is 3.05. The van der Waals surface area contributed by atoms with Crippen molar-refractivity contribution in [1.29, 1.82) is 0 Å². The van der Waals surface area contributed by atoms with Crippen molar-refractivity contribution in [3.63, 3.8) is 0 Å². The van der Waals surface area contributed by atoms with Crippen molar-refractivity contribution in [2.75, 3.05) is 18.4 Å². The van der Waals surface area contributed by atoms with Gasteiger partial charge in [0.05, 0.1) is 6.54 Å². The lowest BCUT2D eigenvalue weighted by molar-refractivity contribution is -0.119. The number of nitrogens with one attached hydrogen (secondary N) is 1. The summed E-state index contributed by atoms with van der Waals surface area (Å²) in [5.74, 6) is 1.28. The number of rotatable bonds is 5. The van der Waals surface area contributed by atoms with Crippen LogP contribution in [0.5, 0.6) is 0 Å². The molecule has 3 N–H and O–H groups in total. The zero-order valence-electron chi connectivity index (χ0n) is 13.2. The minimum absolute atomic E-state index is 0.218. The van der Waals surface area contributed by atoms with E-state index in [1.165, 1.54) is 0 Å². The first-order valence-corrected chi connectivity index (χ1v) is 7.80. The second kappa shape index (κ2) is 6.75. The molecular formula is C17H21N5O. The maximum absolute atomic E-state index is 11.2. The van der Waals surface area contributed by atoms with E-state index in [0.717, 1.165) is 42.1 Å². The van der Waals surface area contributed by atoms with Crippen LogP contribution in [-0.2, 0) is 4.79 Å². The Morgan fingerprint density at radius 1 is 1.39 bits per heavy atom. The fourth-order valence-corrected chi connectivity index (χ4v) is 3.05. The molecule has 0 bridgehead atoms. The number of carbonyl (C=O) groups is 1. The van der Waals surface area contributed by atoms with Gasteiger partial charge in [0, 0.05) is 18.4 Å². The SMILES string of the molecule is Cc1cccnc1Nc1cc(C2CCCN2CC(N)=O)ccn1. The van der Waals surface area contributed by atoms with Crippen LogP contribution >= 0.6 is 0 Å². The van der Waals surface area contributed by atoms with E-state index < -0.39 is 0 Å². The Balaban J connectivity index is 1.80. The van der Waals surface area contributed by atoms with Gasteiger partial charge < -0.3 is 11.1 Å². The molecule has 1 unspecified atom stereocenters. The predicted molar refractivity (Wildman–Crippen MR) is 89.2 cm³/mol. The van der Waals surface area contributed by atoms with E-state index >= 15 is 0 Å². The second-order valence-electron chi connectivity index (χ2n) is 5.86. The second-order valence-corrected chi connectivity index (χ2v) is 5.86. The normalized spacial score (nSPS) is 18.0. The molecule has 6 nitrogen and oxygen atoms in total. The van der Waals surface area contributed by atoms with E-state index in [4.69, 9.17) is 5.73 Å². The average Bonchev–Trinajstić information content (AvgIpc) is 2.97. The van der Waals surface area contributed by atoms with Crippen LogP contribution in [0.2, 0.25) is 0 Å². The van der Waals surface area contributed by atoms with E-state index in [0.29, 0.717) is 6.54 Å². The van der Waals surface area contributed by atoms with Gasteiger partial charge in [-0.3, -0.25) is 9.69 Å². The van der Waals surface area contributed by atoms with Crippen LogP contribution in [0.3, 0.4) is 0 Å². The first kappa shape index (κ1) is 15.4. The van der Waals surface area contributed by atoms with Crippen molar-refractivity contribution in [2.24, 2.45) is 5.73 Å². The number of likely N-dealkylation sites (tertiary alicyclic amines) is 1. The lowest BCUT2D eigenvalue weighted by atomic mass is 10.1. The van der Waals surface area contributed by atoms with Crippen molar-refractivity contribution in [2.45, 2.75) is 25.8 Å². The van der Waals surface area contributed by atoms with Crippen LogP contribution in [0.15, 0.2) is 36.7 Å². The topological polar surface area (TPSA) is 84.1 Å². The number of aryl methyl sites for hydroxylation is 1. The first-order valence-electron chi connectivity index (χ1n) is 7.80. The van der Waals surface area contributed by atoms with Gasteiger partial charge in [0.1, 0.15) is 11.6 Å². The Hall–Kier alpha value is -2.47. The lowest BCUT2D eigenvalue weighted by Gasteiger charge is -2.23. The first-order chi connectivity index (χ1) is 11.1. The highest BCUT2D eigenvalue weighted by molar-refractivity contribution is 5.76. The Morgan fingerprint density at radius 2 is 2.26 bits per heavy atom. The molecule has 3 heterocycles. The van der Waals surface area contributed by atoms with Crippen LogP contribution in [-0.4, -0.2) is 33.9 Å². The number of carbonyl (C=O) groups excluding carboxylic acids is 1. The van der Waals surface area contributed by atoms with Crippen molar-refractivity contribution >= 4 is 17.5 Å². The lowest BCUT2D eigenvalue weighted by Crippen LogP contribution is -2.33. The standard InChI is InChI=1S/C17H21N5O/c1-12-4-2-7-20-17(12)21-16-10-13(6-8-19-16)14-5-3-9-22(14)11-15(18)23/h2,4,6-8,10,14H,3,5,9,11H2,1H3,(H2,18,23)(H,19,20,21). The highest BCUT2D eigenvalue weighted by Crippen LogP contribution is 2.32. The maximum Gasteiger partial charge on any atom is 0.231 e. The highest BCUT2D eigenvalue weighted by Gasteiger charge is 2.27. The van der Waals surface area contributed by atoms with E-state index in [1.807, 2.05) is 31.2 Å². The molecule has 0 spiro atoms. The summed E-state index contributed by atoms with van der Waals surface area (Å²) in [4.78, 5) is 22.1. The van der Waals surface area contributed by atoms with E-state index in [2.05, 4.69) is 20.2 Å². The zero-order chi connectivity index (χ0) is 16.2. The number of nitrogens with zero attached hydrogens (tertiary/aromatic N) is 3.